The number of alkyl halides is 3. The summed E-state index contributed by atoms with van der Waals surface area (Å²) in [6, 6.07) is 5.62. The Bertz CT molecular complexity index is 1330. The van der Waals surface area contributed by atoms with Crippen LogP contribution in [0.1, 0.15) is 61.3 Å². The van der Waals surface area contributed by atoms with E-state index in [0.717, 1.165) is 36.7 Å². The Labute approximate surface area is 224 Å². The lowest BCUT2D eigenvalue weighted by atomic mass is 9.84. The van der Waals surface area contributed by atoms with Crippen LogP contribution in [-0.2, 0) is 11.0 Å². The van der Waals surface area contributed by atoms with Crippen molar-refractivity contribution in [3.05, 3.63) is 53.5 Å². The molecule has 1 aromatic carbocycles. The quantitative estimate of drug-likeness (QED) is 0.359. The van der Waals surface area contributed by atoms with Crippen LogP contribution in [0.15, 0.2) is 36.5 Å². The van der Waals surface area contributed by atoms with Gasteiger partial charge in [-0.1, -0.05) is 32.0 Å². The molecule has 3 heterocycles. The molecule has 1 aliphatic heterocycles. The Hall–Kier alpha value is -3.67. The van der Waals surface area contributed by atoms with Crippen molar-refractivity contribution in [2.24, 2.45) is 5.41 Å². The molecule has 12 heteroatoms. The van der Waals surface area contributed by atoms with Crippen LogP contribution in [0.3, 0.4) is 0 Å². The first-order chi connectivity index (χ1) is 18.3. The summed E-state index contributed by atoms with van der Waals surface area (Å²) in [5.74, 6) is -1.59. The molecule has 39 heavy (non-hydrogen) atoms. The fraction of sp³-hybridized carbons (Fsp3) is 0.481. The number of aromatic nitrogens is 4. The second kappa shape index (κ2) is 11.2. The van der Waals surface area contributed by atoms with Crippen molar-refractivity contribution in [1.29, 1.82) is 0 Å². The van der Waals surface area contributed by atoms with Gasteiger partial charge in [0, 0.05) is 36.6 Å². The number of carbonyl (C=O) groups is 2. The largest absolute Gasteiger partial charge is 0.481 e. The molecule has 1 atom stereocenters. The highest BCUT2D eigenvalue weighted by atomic mass is 19.4. The molecule has 9 nitrogen and oxygen atoms in total. The number of nitrogens with one attached hydrogen (secondary N) is 2. The monoisotopic (exact) mass is 546 g/mol. The number of aryl methyl sites for hydroxylation is 1. The SMILES string of the molecule is Cc1cnc(-n2nc(C(=O)N[C@@H](CCN3CCCC(C)(C)C3)CC(=O)O)cc2-c2ccccc2C(F)(F)F)[nH]1. The van der Waals surface area contributed by atoms with E-state index in [9.17, 15) is 27.9 Å². The molecule has 210 valence electrons. The molecule has 3 aromatic rings. The van der Waals surface area contributed by atoms with Gasteiger partial charge in [-0.25, -0.2) is 4.98 Å². The van der Waals surface area contributed by atoms with Gasteiger partial charge in [0.1, 0.15) is 0 Å². The molecule has 2 aromatic heterocycles. The number of imidazole rings is 1. The zero-order valence-corrected chi connectivity index (χ0v) is 22.2. The lowest BCUT2D eigenvalue weighted by Gasteiger charge is -2.38. The first kappa shape index (κ1) is 28.3. The van der Waals surface area contributed by atoms with Crippen LogP contribution < -0.4 is 5.32 Å². The van der Waals surface area contributed by atoms with E-state index >= 15 is 0 Å². The first-order valence-corrected chi connectivity index (χ1v) is 12.9. The summed E-state index contributed by atoms with van der Waals surface area (Å²) < 4.78 is 42.6. The van der Waals surface area contributed by atoms with Gasteiger partial charge in [-0.05, 0) is 50.3 Å². The van der Waals surface area contributed by atoms with E-state index in [0.29, 0.717) is 18.7 Å². The predicted molar refractivity (Wildman–Crippen MR) is 138 cm³/mol. The van der Waals surface area contributed by atoms with Crippen molar-refractivity contribution in [2.45, 2.75) is 58.7 Å². The van der Waals surface area contributed by atoms with Gasteiger partial charge in [0.25, 0.3) is 5.91 Å². The highest BCUT2D eigenvalue weighted by Crippen LogP contribution is 2.37. The highest BCUT2D eigenvalue weighted by molar-refractivity contribution is 5.94. The van der Waals surface area contributed by atoms with Gasteiger partial charge in [-0.15, -0.1) is 0 Å². The van der Waals surface area contributed by atoms with Crippen molar-refractivity contribution in [2.75, 3.05) is 19.6 Å². The van der Waals surface area contributed by atoms with Gasteiger partial charge in [-0.2, -0.15) is 23.0 Å². The molecule has 0 radical (unpaired) electrons. The summed E-state index contributed by atoms with van der Waals surface area (Å²) in [5, 5.41) is 16.5. The van der Waals surface area contributed by atoms with E-state index in [2.05, 4.69) is 39.1 Å². The van der Waals surface area contributed by atoms with E-state index in [1.807, 2.05) is 0 Å². The summed E-state index contributed by atoms with van der Waals surface area (Å²) in [4.78, 5) is 34.2. The zero-order valence-electron chi connectivity index (χ0n) is 22.2. The zero-order chi connectivity index (χ0) is 28.4. The van der Waals surface area contributed by atoms with E-state index in [1.165, 1.54) is 30.5 Å². The summed E-state index contributed by atoms with van der Waals surface area (Å²) in [7, 11) is 0. The Balaban J connectivity index is 1.61. The maximum Gasteiger partial charge on any atom is 0.417 e. The number of carboxylic acid groups (broad SMARTS) is 1. The van der Waals surface area contributed by atoms with Gasteiger partial charge in [0.05, 0.1) is 17.7 Å². The molecular weight excluding hydrogens is 513 g/mol. The number of hydrogen-bond acceptors (Lipinski definition) is 5. The lowest BCUT2D eigenvalue weighted by Crippen LogP contribution is -2.44. The van der Waals surface area contributed by atoms with E-state index in [-0.39, 0.29) is 34.7 Å². The van der Waals surface area contributed by atoms with Crippen LogP contribution in [0.5, 0.6) is 0 Å². The molecule has 0 bridgehead atoms. The second-order valence-electron chi connectivity index (χ2n) is 10.9. The van der Waals surface area contributed by atoms with Crippen molar-refractivity contribution >= 4 is 11.9 Å². The Kier molecular flexibility index (Phi) is 8.15. The van der Waals surface area contributed by atoms with Crippen LogP contribution in [0, 0.1) is 12.3 Å². The number of hydrogen-bond donors (Lipinski definition) is 3. The number of amides is 1. The average molecular weight is 547 g/mol. The summed E-state index contributed by atoms with van der Waals surface area (Å²) in [6.07, 6.45) is -0.837. The third-order valence-corrected chi connectivity index (χ3v) is 6.87. The summed E-state index contributed by atoms with van der Waals surface area (Å²) >= 11 is 0. The van der Waals surface area contributed by atoms with Crippen molar-refractivity contribution in [3.63, 3.8) is 0 Å². The van der Waals surface area contributed by atoms with Crippen molar-refractivity contribution in [1.82, 2.24) is 30.0 Å². The molecule has 0 spiro atoms. The smallest absolute Gasteiger partial charge is 0.417 e. The Morgan fingerprint density at radius 3 is 2.64 bits per heavy atom. The van der Waals surface area contributed by atoms with E-state index < -0.39 is 29.7 Å². The maximum absolute atomic E-state index is 13.8. The number of aliphatic carboxylic acids is 1. The molecule has 0 aliphatic carbocycles. The normalized spacial score (nSPS) is 16.7. The van der Waals surface area contributed by atoms with Gasteiger partial charge < -0.3 is 20.3 Å². The molecule has 1 saturated heterocycles. The molecule has 1 amide bonds. The Morgan fingerprint density at radius 2 is 2.00 bits per heavy atom. The standard InChI is InChI=1S/C27H33F3N6O3/c1-17-15-31-25(32-17)36-22(19-7-4-5-8-20(19)27(28,29)30)14-21(34-36)24(39)33-18(13-23(37)38)9-12-35-11-6-10-26(2,3)16-35/h4-5,7-8,14-15,18H,6,9-13,16H2,1-3H3,(H,31,32)(H,33,39)(H,37,38)/t18-/m0/s1. The third kappa shape index (κ3) is 7.05. The fourth-order valence-electron chi connectivity index (χ4n) is 5.07. The summed E-state index contributed by atoms with van der Waals surface area (Å²) in [5.41, 5.74) is -0.346. The predicted octanol–water partition coefficient (Wildman–Crippen LogP) is 4.67. The first-order valence-electron chi connectivity index (χ1n) is 12.9. The number of rotatable bonds is 9. The minimum atomic E-state index is -4.64. The molecule has 1 fully saturated rings. The number of likely N-dealkylation sites (tertiary alicyclic amines) is 1. The van der Waals surface area contributed by atoms with Gasteiger partial charge >= 0.3 is 12.1 Å². The molecule has 1 aliphatic rings. The number of aromatic amines is 1. The number of H-pyrrole nitrogens is 1. The van der Waals surface area contributed by atoms with Crippen LogP contribution in [-0.4, -0.2) is 67.3 Å². The third-order valence-electron chi connectivity index (χ3n) is 6.87. The minimum Gasteiger partial charge on any atom is -0.481 e. The van der Waals surface area contributed by atoms with Crippen LogP contribution in [0.4, 0.5) is 13.2 Å². The highest BCUT2D eigenvalue weighted by Gasteiger charge is 2.35. The number of piperidine rings is 1. The van der Waals surface area contributed by atoms with Gasteiger partial charge in [-0.3, -0.25) is 9.59 Å². The maximum atomic E-state index is 13.8. The van der Waals surface area contributed by atoms with E-state index in [1.54, 1.807) is 6.92 Å². The summed E-state index contributed by atoms with van der Waals surface area (Å²) in [6.45, 7) is 8.53. The number of benzene rings is 1. The lowest BCUT2D eigenvalue weighted by molar-refractivity contribution is -0.138. The van der Waals surface area contributed by atoms with Crippen LogP contribution in [0.25, 0.3) is 17.2 Å². The average Bonchev–Trinajstić information content (AvgIpc) is 3.47. The van der Waals surface area contributed by atoms with Crippen molar-refractivity contribution in [3.8, 4) is 17.2 Å². The second-order valence-corrected chi connectivity index (χ2v) is 10.9. The van der Waals surface area contributed by atoms with E-state index in [4.69, 9.17) is 0 Å². The molecule has 0 unspecified atom stereocenters. The van der Waals surface area contributed by atoms with Gasteiger partial charge in [0.15, 0.2) is 5.69 Å². The van der Waals surface area contributed by atoms with Crippen LogP contribution in [0.2, 0.25) is 0 Å². The number of halogens is 3. The molecule has 4 rings (SSSR count). The Morgan fingerprint density at radius 1 is 1.26 bits per heavy atom. The van der Waals surface area contributed by atoms with Crippen LogP contribution >= 0.6 is 0 Å². The topological polar surface area (TPSA) is 116 Å². The minimum absolute atomic E-state index is 0.0211. The van der Waals surface area contributed by atoms with Gasteiger partial charge in [0.2, 0.25) is 5.95 Å². The number of nitrogens with zero attached hydrogens (tertiary/aromatic N) is 4. The number of carboxylic acids is 1. The molecular formula is C27H33F3N6O3. The number of carbonyl (C=O) groups excluding carboxylic acids is 1. The fourth-order valence-corrected chi connectivity index (χ4v) is 5.07. The molecule has 0 saturated carbocycles. The van der Waals surface area contributed by atoms with Crippen molar-refractivity contribution < 1.29 is 27.9 Å². The molecule has 3 N–H and O–H groups in total.